The largest absolute Gasteiger partial charge is 0.336 e. The maximum absolute atomic E-state index is 13.1. The SMILES string of the molecule is O=C1NC2(CCCCC2)n2c1c(Cl)cc(Nc1ccccn1)c2=O. The molecule has 0 aromatic carbocycles. The minimum atomic E-state index is -0.646. The molecule has 2 aliphatic rings. The van der Waals surface area contributed by atoms with Crippen LogP contribution >= 0.6 is 11.6 Å². The Morgan fingerprint density at radius 3 is 2.71 bits per heavy atom. The highest BCUT2D eigenvalue weighted by atomic mass is 35.5. The average molecular weight is 345 g/mol. The Labute approximate surface area is 143 Å². The summed E-state index contributed by atoms with van der Waals surface area (Å²) in [6.45, 7) is 0. The van der Waals surface area contributed by atoms with Gasteiger partial charge in [0.1, 0.15) is 22.9 Å². The van der Waals surface area contributed by atoms with Gasteiger partial charge < -0.3 is 10.6 Å². The van der Waals surface area contributed by atoms with Crippen LogP contribution in [0.15, 0.2) is 35.3 Å². The molecule has 2 N–H and O–H groups in total. The van der Waals surface area contributed by atoms with Gasteiger partial charge in [0, 0.05) is 6.20 Å². The summed E-state index contributed by atoms with van der Waals surface area (Å²) in [6.07, 6.45) is 6.19. The molecule has 0 unspecified atom stereocenters. The summed E-state index contributed by atoms with van der Waals surface area (Å²) < 4.78 is 1.56. The van der Waals surface area contributed by atoms with Crippen molar-refractivity contribution in [3.63, 3.8) is 0 Å². The molecule has 0 radical (unpaired) electrons. The summed E-state index contributed by atoms with van der Waals surface area (Å²) in [7, 11) is 0. The molecule has 0 atom stereocenters. The topological polar surface area (TPSA) is 76.0 Å². The van der Waals surface area contributed by atoms with E-state index in [2.05, 4.69) is 15.6 Å². The van der Waals surface area contributed by atoms with Crippen molar-refractivity contribution in [3.8, 4) is 0 Å². The van der Waals surface area contributed by atoms with Crippen LogP contribution in [0.3, 0.4) is 0 Å². The van der Waals surface area contributed by atoms with Gasteiger partial charge in [-0.3, -0.25) is 14.2 Å². The van der Waals surface area contributed by atoms with Gasteiger partial charge in [-0.25, -0.2) is 4.98 Å². The Balaban J connectivity index is 1.85. The van der Waals surface area contributed by atoms with E-state index >= 15 is 0 Å². The lowest BCUT2D eigenvalue weighted by molar-refractivity contribution is 0.0877. The first-order chi connectivity index (χ1) is 11.6. The second-order valence-electron chi connectivity index (χ2n) is 6.28. The van der Waals surface area contributed by atoms with Crippen molar-refractivity contribution in [2.24, 2.45) is 0 Å². The molecule has 0 saturated heterocycles. The van der Waals surface area contributed by atoms with E-state index in [1.165, 1.54) is 6.07 Å². The number of carbonyl (C=O) groups is 1. The Morgan fingerprint density at radius 2 is 2.00 bits per heavy atom. The normalized spacial score (nSPS) is 18.3. The fraction of sp³-hybridized carbons (Fsp3) is 0.353. The van der Waals surface area contributed by atoms with Crippen LogP contribution in [-0.4, -0.2) is 15.5 Å². The molecule has 6 nitrogen and oxygen atoms in total. The van der Waals surface area contributed by atoms with Gasteiger partial charge in [0.25, 0.3) is 11.5 Å². The van der Waals surface area contributed by atoms with Gasteiger partial charge in [-0.05, 0) is 43.9 Å². The maximum atomic E-state index is 13.1. The van der Waals surface area contributed by atoms with Gasteiger partial charge in [-0.1, -0.05) is 24.1 Å². The molecule has 1 spiro atoms. The molecule has 1 aliphatic carbocycles. The maximum Gasteiger partial charge on any atom is 0.276 e. The van der Waals surface area contributed by atoms with Gasteiger partial charge in [-0.2, -0.15) is 0 Å². The number of anilines is 2. The molecule has 24 heavy (non-hydrogen) atoms. The lowest BCUT2D eigenvalue weighted by atomic mass is 9.89. The van der Waals surface area contributed by atoms with Crippen LogP contribution < -0.4 is 16.2 Å². The quantitative estimate of drug-likeness (QED) is 0.878. The second kappa shape index (κ2) is 5.63. The first-order valence-electron chi connectivity index (χ1n) is 8.07. The van der Waals surface area contributed by atoms with E-state index < -0.39 is 5.66 Å². The first kappa shape index (κ1) is 15.2. The molecule has 1 saturated carbocycles. The summed E-state index contributed by atoms with van der Waals surface area (Å²) in [5.74, 6) is 0.282. The lowest BCUT2D eigenvalue weighted by Crippen LogP contribution is -2.48. The summed E-state index contributed by atoms with van der Waals surface area (Å²) in [6, 6.07) is 6.90. The standard InChI is InChI=1S/C17H17ClN4O2/c18-11-10-12(20-13-6-2-5-9-19-13)16(24)22-14(11)15(23)21-17(22)7-3-1-4-8-17/h2,5-6,9-10H,1,3-4,7-8H2,(H,19,20)(H,21,23). The summed E-state index contributed by atoms with van der Waals surface area (Å²) in [5, 5.41) is 6.29. The van der Waals surface area contributed by atoms with E-state index in [1.54, 1.807) is 22.9 Å². The molecule has 124 valence electrons. The van der Waals surface area contributed by atoms with E-state index in [9.17, 15) is 9.59 Å². The second-order valence-corrected chi connectivity index (χ2v) is 6.69. The van der Waals surface area contributed by atoms with E-state index in [0.717, 1.165) is 32.1 Å². The molecular weight excluding hydrogens is 328 g/mol. The van der Waals surface area contributed by atoms with Crippen molar-refractivity contribution in [2.45, 2.75) is 37.8 Å². The highest BCUT2D eigenvalue weighted by molar-refractivity contribution is 6.34. The van der Waals surface area contributed by atoms with Gasteiger partial charge in [0.15, 0.2) is 0 Å². The van der Waals surface area contributed by atoms with Crippen LogP contribution in [0.4, 0.5) is 11.5 Å². The third kappa shape index (κ3) is 2.29. The first-order valence-corrected chi connectivity index (χ1v) is 8.45. The molecule has 7 heteroatoms. The molecule has 3 heterocycles. The number of pyridine rings is 2. The van der Waals surface area contributed by atoms with E-state index in [-0.39, 0.29) is 22.2 Å². The number of fused-ring (bicyclic) bond motifs is 2. The third-order valence-electron chi connectivity index (χ3n) is 4.75. The highest BCUT2D eigenvalue weighted by Gasteiger charge is 2.45. The Kier molecular flexibility index (Phi) is 3.57. The summed E-state index contributed by atoms with van der Waals surface area (Å²) in [4.78, 5) is 29.6. The van der Waals surface area contributed by atoms with E-state index in [0.29, 0.717) is 11.5 Å². The van der Waals surface area contributed by atoms with Crippen LogP contribution in [0.5, 0.6) is 0 Å². The summed E-state index contributed by atoms with van der Waals surface area (Å²) >= 11 is 6.33. The number of halogens is 1. The minimum absolute atomic E-state index is 0.250. The van der Waals surface area contributed by atoms with E-state index in [4.69, 9.17) is 11.6 Å². The number of nitrogens with one attached hydrogen (secondary N) is 2. The van der Waals surface area contributed by atoms with Gasteiger partial charge >= 0.3 is 0 Å². The van der Waals surface area contributed by atoms with Crippen molar-refractivity contribution in [2.75, 3.05) is 5.32 Å². The molecule has 1 fully saturated rings. The van der Waals surface area contributed by atoms with Crippen LogP contribution in [0.1, 0.15) is 42.6 Å². The molecule has 1 amide bonds. The number of amides is 1. The molecule has 4 rings (SSSR count). The van der Waals surface area contributed by atoms with Crippen LogP contribution in [0.2, 0.25) is 5.02 Å². The number of nitrogens with zero attached hydrogens (tertiary/aromatic N) is 2. The zero-order valence-corrected chi connectivity index (χ0v) is 13.8. The fourth-order valence-corrected chi connectivity index (χ4v) is 3.96. The van der Waals surface area contributed by atoms with Crippen LogP contribution in [-0.2, 0) is 5.66 Å². The predicted molar refractivity (Wildman–Crippen MR) is 91.8 cm³/mol. The Morgan fingerprint density at radius 1 is 1.21 bits per heavy atom. The predicted octanol–water partition coefficient (Wildman–Crippen LogP) is 3.00. The van der Waals surface area contributed by atoms with Gasteiger partial charge in [0.05, 0.1) is 5.02 Å². The Hall–Kier alpha value is -2.34. The third-order valence-corrected chi connectivity index (χ3v) is 5.04. The smallest absolute Gasteiger partial charge is 0.276 e. The average Bonchev–Trinajstić information content (AvgIpc) is 2.86. The molecule has 2 aromatic heterocycles. The fourth-order valence-electron chi connectivity index (χ4n) is 3.68. The molecule has 0 bridgehead atoms. The van der Waals surface area contributed by atoms with E-state index in [1.807, 2.05) is 6.07 Å². The number of hydrogen-bond donors (Lipinski definition) is 2. The molecule has 2 aromatic rings. The lowest BCUT2D eigenvalue weighted by Gasteiger charge is -2.35. The van der Waals surface area contributed by atoms with Crippen molar-refractivity contribution < 1.29 is 4.79 Å². The van der Waals surface area contributed by atoms with Crippen molar-refractivity contribution in [3.05, 3.63) is 51.5 Å². The van der Waals surface area contributed by atoms with Crippen molar-refractivity contribution >= 4 is 29.0 Å². The highest BCUT2D eigenvalue weighted by Crippen LogP contribution is 2.38. The zero-order valence-electron chi connectivity index (χ0n) is 13.0. The van der Waals surface area contributed by atoms with Gasteiger partial charge in [-0.15, -0.1) is 0 Å². The molecule has 1 aliphatic heterocycles. The van der Waals surface area contributed by atoms with Crippen LogP contribution in [0.25, 0.3) is 0 Å². The van der Waals surface area contributed by atoms with Crippen molar-refractivity contribution in [1.29, 1.82) is 0 Å². The number of rotatable bonds is 2. The number of carbonyl (C=O) groups excluding carboxylic acids is 1. The summed E-state index contributed by atoms with van der Waals surface area (Å²) in [5.41, 5.74) is -0.313. The van der Waals surface area contributed by atoms with Crippen molar-refractivity contribution in [1.82, 2.24) is 14.9 Å². The molecular formula is C17H17ClN4O2. The Bertz CT molecular complexity index is 857. The van der Waals surface area contributed by atoms with Gasteiger partial charge in [0.2, 0.25) is 0 Å². The zero-order chi connectivity index (χ0) is 16.7. The monoisotopic (exact) mass is 344 g/mol. The van der Waals surface area contributed by atoms with Crippen LogP contribution in [0, 0.1) is 0 Å². The number of hydrogen-bond acceptors (Lipinski definition) is 4. The number of aromatic nitrogens is 2. The minimum Gasteiger partial charge on any atom is -0.336 e.